The van der Waals surface area contributed by atoms with Crippen molar-refractivity contribution in [2.75, 3.05) is 40.3 Å². The number of amides is 1. The molecule has 2 N–H and O–H groups in total. The molecule has 1 fully saturated rings. The van der Waals surface area contributed by atoms with E-state index in [4.69, 9.17) is 4.42 Å². The summed E-state index contributed by atoms with van der Waals surface area (Å²) in [7, 11) is 3.49. The number of carbonyl (C=O) groups excluding carboxylic acids is 1. The molecule has 1 amide bonds. The normalized spacial score (nSPS) is 15.0. The van der Waals surface area contributed by atoms with E-state index in [0.717, 1.165) is 24.3 Å². The second kappa shape index (κ2) is 12.2. The summed E-state index contributed by atoms with van der Waals surface area (Å²) >= 11 is 0. The van der Waals surface area contributed by atoms with E-state index < -0.39 is 0 Å². The second-order valence-electron chi connectivity index (χ2n) is 8.22. The number of likely N-dealkylation sites (N-methyl/N-ethyl adjacent to an activating group) is 1. The van der Waals surface area contributed by atoms with Crippen molar-refractivity contribution in [3.8, 4) is 0 Å². The zero-order valence-corrected chi connectivity index (χ0v) is 18.8. The summed E-state index contributed by atoms with van der Waals surface area (Å²) < 4.78 is 5.38. The third-order valence-electron chi connectivity index (χ3n) is 5.45. The molecular formula is C24H35N5O2. The highest BCUT2D eigenvalue weighted by Gasteiger charge is 2.10. The van der Waals surface area contributed by atoms with E-state index in [1.54, 1.807) is 25.3 Å². The fourth-order valence-electron chi connectivity index (χ4n) is 3.55. The van der Waals surface area contributed by atoms with Gasteiger partial charge in [-0.3, -0.25) is 9.69 Å². The van der Waals surface area contributed by atoms with Crippen LogP contribution in [0.15, 0.2) is 52.1 Å². The van der Waals surface area contributed by atoms with Gasteiger partial charge in [-0.15, -0.1) is 0 Å². The van der Waals surface area contributed by atoms with E-state index in [9.17, 15) is 4.79 Å². The molecule has 1 aromatic carbocycles. The monoisotopic (exact) mass is 425 g/mol. The quantitative estimate of drug-likeness (QED) is 0.477. The molecular weight excluding hydrogens is 390 g/mol. The summed E-state index contributed by atoms with van der Waals surface area (Å²) in [5.41, 5.74) is 2.49. The Bertz CT molecular complexity index is 809. The van der Waals surface area contributed by atoms with Crippen LogP contribution in [0.2, 0.25) is 0 Å². The van der Waals surface area contributed by atoms with Crippen LogP contribution in [0.4, 0.5) is 0 Å². The van der Waals surface area contributed by atoms with E-state index in [2.05, 4.69) is 44.8 Å². The van der Waals surface area contributed by atoms with Gasteiger partial charge in [0.2, 0.25) is 5.91 Å². The molecule has 0 saturated carbocycles. The minimum atomic E-state index is 0.00241. The molecule has 1 saturated heterocycles. The predicted octanol–water partition coefficient (Wildman–Crippen LogP) is 2.63. The Kier molecular flexibility index (Phi) is 8.97. The maximum absolute atomic E-state index is 11.9. The standard InChI is InChI=1S/C24H35N5O2/c1-28(2)23(30)18-27-24(25-13-12-22-7-6-16-31-22)26-17-20-8-10-21(11-9-20)19-29-14-4-3-5-15-29/h6-11,16H,3-5,12-15,17-19H2,1-2H3,(H2,25,26,27). The molecule has 0 bridgehead atoms. The highest BCUT2D eigenvalue weighted by molar-refractivity contribution is 5.86. The highest BCUT2D eigenvalue weighted by atomic mass is 16.3. The fourth-order valence-corrected chi connectivity index (χ4v) is 3.55. The van der Waals surface area contributed by atoms with E-state index in [-0.39, 0.29) is 12.5 Å². The largest absolute Gasteiger partial charge is 0.469 e. The summed E-state index contributed by atoms with van der Waals surface area (Å²) in [4.78, 5) is 20.7. The number of guanidine groups is 1. The SMILES string of the molecule is CN(C)C(=O)CNC(=NCc1ccc(CN2CCCCC2)cc1)NCCc1ccco1. The van der Waals surface area contributed by atoms with Crippen molar-refractivity contribution in [2.45, 2.75) is 38.8 Å². The van der Waals surface area contributed by atoms with Crippen molar-refractivity contribution >= 4 is 11.9 Å². The first-order valence-electron chi connectivity index (χ1n) is 11.1. The Morgan fingerprint density at radius 1 is 1.06 bits per heavy atom. The van der Waals surface area contributed by atoms with Crippen LogP contribution in [0.1, 0.15) is 36.1 Å². The van der Waals surface area contributed by atoms with Gasteiger partial charge in [0.15, 0.2) is 5.96 Å². The molecule has 0 atom stereocenters. The number of nitrogens with zero attached hydrogens (tertiary/aromatic N) is 3. The molecule has 1 aliphatic heterocycles. The first kappa shape index (κ1) is 22.9. The van der Waals surface area contributed by atoms with Gasteiger partial charge in [-0.25, -0.2) is 4.99 Å². The Hall–Kier alpha value is -2.80. The Morgan fingerprint density at radius 2 is 1.81 bits per heavy atom. The van der Waals surface area contributed by atoms with Crippen molar-refractivity contribution in [3.63, 3.8) is 0 Å². The smallest absolute Gasteiger partial charge is 0.241 e. The number of benzene rings is 1. The van der Waals surface area contributed by atoms with Gasteiger partial charge in [0.25, 0.3) is 0 Å². The Labute approximate surface area is 185 Å². The molecule has 0 radical (unpaired) electrons. The third-order valence-corrected chi connectivity index (χ3v) is 5.45. The van der Waals surface area contributed by atoms with Gasteiger partial charge >= 0.3 is 0 Å². The van der Waals surface area contributed by atoms with Crippen LogP contribution in [-0.2, 0) is 24.3 Å². The number of rotatable bonds is 9. The maximum Gasteiger partial charge on any atom is 0.241 e. The molecule has 0 spiro atoms. The molecule has 0 unspecified atom stereocenters. The Balaban J connectivity index is 1.53. The zero-order chi connectivity index (χ0) is 21.9. The number of piperidine rings is 1. The highest BCUT2D eigenvalue weighted by Crippen LogP contribution is 2.14. The molecule has 7 nitrogen and oxygen atoms in total. The summed E-state index contributed by atoms with van der Waals surface area (Å²) in [5, 5.41) is 6.42. The lowest BCUT2D eigenvalue weighted by atomic mass is 10.1. The van der Waals surface area contributed by atoms with Crippen molar-refractivity contribution in [1.29, 1.82) is 0 Å². The van der Waals surface area contributed by atoms with Gasteiger partial charge in [0.05, 0.1) is 19.4 Å². The minimum absolute atomic E-state index is 0.00241. The Morgan fingerprint density at radius 3 is 2.48 bits per heavy atom. The summed E-state index contributed by atoms with van der Waals surface area (Å²) in [6, 6.07) is 12.5. The minimum Gasteiger partial charge on any atom is -0.469 e. The average Bonchev–Trinajstić information content (AvgIpc) is 3.30. The number of hydrogen-bond donors (Lipinski definition) is 2. The lowest BCUT2D eigenvalue weighted by Crippen LogP contribution is -2.43. The lowest BCUT2D eigenvalue weighted by Gasteiger charge is -2.26. The van der Waals surface area contributed by atoms with Gasteiger partial charge in [-0.1, -0.05) is 30.7 Å². The molecule has 3 rings (SSSR count). The van der Waals surface area contributed by atoms with Crippen LogP contribution < -0.4 is 10.6 Å². The third kappa shape index (κ3) is 8.09. The number of furan rings is 1. The fraction of sp³-hybridized carbons (Fsp3) is 0.500. The summed E-state index contributed by atoms with van der Waals surface area (Å²) in [6.45, 7) is 4.86. The van der Waals surface area contributed by atoms with Crippen LogP contribution >= 0.6 is 0 Å². The zero-order valence-electron chi connectivity index (χ0n) is 18.8. The molecule has 7 heteroatoms. The maximum atomic E-state index is 11.9. The molecule has 2 heterocycles. The van der Waals surface area contributed by atoms with Crippen LogP contribution in [0, 0.1) is 0 Å². The van der Waals surface area contributed by atoms with Crippen molar-refractivity contribution in [1.82, 2.24) is 20.4 Å². The van der Waals surface area contributed by atoms with Crippen LogP contribution in [0.25, 0.3) is 0 Å². The van der Waals surface area contributed by atoms with E-state index in [1.165, 1.54) is 37.9 Å². The van der Waals surface area contributed by atoms with E-state index in [0.29, 0.717) is 19.0 Å². The molecule has 168 valence electrons. The van der Waals surface area contributed by atoms with Crippen molar-refractivity contribution in [3.05, 3.63) is 59.5 Å². The molecule has 2 aromatic rings. The van der Waals surface area contributed by atoms with Crippen molar-refractivity contribution < 1.29 is 9.21 Å². The van der Waals surface area contributed by atoms with Gasteiger partial charge in [0.1, 0.15) is 5.76 Å². The van der Waals surface area contributed by atoms with Crippen LogP contribution in [-0.4, -0.2) is 61.9 Å². The number of nitrogens with one attached hydrogen (secondary N) is 2. The van der Waals surface area contributed by atoms with E-state index in [1.807, 2.05) is 12.1 Å². The van der Waals surface area contributed by atoms with Gasteiger partial charge in [-0.05, 0) is 49.2 Å². The van der Waals surface area contributed by atoms with Gasteiger partial charge < -0.3 is 20.0 Å². The lowest BCUT2D eigenvalue weighted by molar-refractivity contribution is -0.127. The van der Waals surface area contributed by atoms with Crippen LogP contribution in [0.3, 0.4) is 0 Å². The number of aliphatic imine (C=N–C) groups is 1. The molecule has 0 aliphatic carbocycles. The average molecular weight is 426 g/mol. The first-order valence-corrected chi connectivity index (χ1v) is 11.1. The topological polar surface area (TPSA) is 73.1 Å². The first-order chi connectivity index (χ1) is 15.1. The molecule has 1 aliphatic rings. The second-order valence-corrected chi connectivity index (χ2v) is 8.22. The molecule has 1 aromatic heterocycles. The number of likely N-dealkylation sites (tertiary alicyclic amines) is 1. The number of carbonyl (C=O) groups is 1. The van der Waals surface area contributed by atoms with E-state index >= 15 is 0 Å². The van der Waals surface area contributed by atoms with Gasteiger partial charge in [-0.2, -0.15) is 0 Å². The summed E-state index contributed by atoms with van der Waals surface area (Å²) in [5.74, 6) is 1.54. The number of hydrogen-bond acceptors (Lipinski definition) is 4. The predicted molar refractivity (Wildman–Crippen MR) is 124 cm³/mol. The summed E-state index contributed by atoms with van der Waals surface area (Å²) in [6.07, 6.45) is 6.41. The van der Waals surface area contributed by atoms with Crippen molar-refractivity contribution in [2.24, 2.45) is 4.99 Å². The van der Waals surface area contributed by atoms with Gasteiger partial charge in [0, 0.05) is 33.6 Å². The molecule has 31 heavy (non-hydrogen) atoms. The van der Waals surface area contributed by atoms with Crippen LogP contribution in [0.5, 0.6) is 0 Å².